The molecule has 3 fully saturated rings. The number of aliphatic hydroxyl groups excluding tert-OH is 1. The largest absolute Gasteiger partial charge is 0.490 e. The van der Waals surface area contributed by atoms with E-state index in [2.05, 4.69) is 9.97 Å². The molecule has 1 N–H and O–H groups in total. The van der Waals surface area contributed by atoms with E-state index in [0.29, 0.717) is 24.4 Å². The second kappa shape index (κ2) is 6.99. The van der Waals surface area contributed by atoms with Crippen LogP contribution in [0.25, 0.3) is 0 Å². The van der Waals surface area contributed by atoms with Crippen LogP contribution >= 0.6 is 11.6 Å². The molecule has 5 rings (SSSR count). The van der Waals surface area contributed by atoms with Gasteiger partial charge in [0.15, 0.2) is 5.69 Å². The lowest BCUT2D eigenvalue weighted by Crippen LogP contribution is -2.63. The minimum atomic E-state index is -4.53. The van der Waals surface area contributed by atoms with E-state index in [1.807, 2.05) is 0 Å². The summed E-state index contributed by atoms with van der Waals surface area (Å²) >= 11 is 5.89. The molecular formula is C21H21ClF3N3O2. The van der Waals surface area contributed by atoms with Gasteiger partial charge in [0.05, 0.1) is 22.9 Å². The van der Waals surface area contributed by atoms with Gasteiger partial charge in [-0.1, -0.05) is 11.6 Å². The zero-order chi connectivity index (χ0) is 21.1. The number of aliphatic hydroxyl groups is 1. The highest BCUT2D eigenvalue weighted by Gasteiger charge is 2.55. The maximum atomic E-state index is 13.3. The molecule has 1 saturated heterocycles. The third-order valence-corrected chi connectivity index (χ3v) is 6.49. The summed E-state index contributed by atoms with van der Waals surface area (Å²) in [5.41, 5.74) is -0.262. The van der Waals surface area contributed by atoms with E-state index < -0.39 is 18.0 Å². The monoisotopic (exact) mass is 439 g/mol. The van der Waals surface area contributed by atoms with Gasteiger partial charge in [0, 0.05) is 42.7 Å². The Morgan fingerprint density at radius 3 is 2.63 bits per heavy atom. The van der Waals surface area contributed by atoms with E-state index in [1.54, 1.807) is 23.4 Å². The summed E-state index contributed by atoms with van der Waals surface area (Å²) in [5.74, 6) is 0.716. The Kier molecular flexibility index (Phi) is 4.63. The van der Waals surface area contributed by atoms with Crippen molar-refractivity contribution >= 4 is 17.3 Å². The lowest BCUT2D eigenvalue weighted by Gasteiger charge is -2.61. The van der Waals surface area contributed by atoms with Gasteiger partial charge in [0.2, 0.25) is 0 Å². The first kappa shape index (κ1) is 19.9. The first-order chi connectivity index (χ1) is 14.2. The van der Waals surface area contributed by atoms with E-state index in [0.717, 1.165) is 31.9 Å². The molecule has 2 aromatic heterocycles. The summed E-state index contributed by atoms with van der Waals surface area (Å²) in [6.07, 6.45) is 2.87. The van der Waals surface area contributed by atoms with Crippen molar-refractivity contribution in [2.75, 3.05) is 18.0 Å². The highest BCUT2D eigenvalue weighted by molar-refractivity contribution is 6.30. The minimum absolute atomic E-state index is 0.0250. The summed E-state index contributed by atoms with van der Waals surface area (Å²) in [7, 11) is 0. The van der Waals surface area contributed by atoms with Gasteiger partial charge >= 0.3 is 6.18 Å². The first-order valence-electron chi connectivity index (χ1n) is 10.0. The van der Waals surface area contributed by atoms with Crippen LogP contribution in [0.1, 0.15) is 43.0 Å². The number of alkyl halides is 3. The molecule has 2 aromatic rings. The van der Waals surface area contributed by atoms with Crippen molar-refractivity contribution in [1.82, 2.24) is 9.97 Å². The molecule has 1 spiro atoms. The molecule has 160 valence electrons. The average molecular weight is 440 g/mol. The number of rotatable bonds is 5. The Balaban J connectivity index is 1.24. The zero-order valence-electron chi connectivity index (χ0n) is 16.1. The predicted molar refractivity (Wildman–Crippen MR) is 104 cm³/mol. The molecule has 0 amide bonds. The quantitative estimate of drug-likeness (QED) is 0.735. The number of anilines is 1. The molecule has 2 aliphatic carbocycles. The van der Waals surface area contributed by atoms with Crippen molar-refractivity contribution in [3.8, 4) is 5.75 Å². The van der Waals surface area contributed by atoms with E-state index in [-0.39, 0.29) is 28.1 Å². The van der Waals surface area contributed by atoms with Crippen LogP contribution in [0.5, 0.6) is 5.75 Å². The summed E-state index contributed by atoms with van der Waals surface area (Å²) in [6.45, 7) is 1.000. The smallest absolute Gasteiger partial charge is 0.435 e. The van der Waals surface area contributed by atoms with E-state index in [4.69, 9.17) is 16.3 Å². The van der Waals surface area contributed by atoms with Gasteiger partial charge in [0.25, 0.3) is 0 Å². The molecule has 30 heavy (non-hydrogen) atoms. The third kappa shape index (κ3) is 3.60. The number of halogens is 4. The van der Waals surface area contributed by atoms with Crippen molar-refractivity contribution < 1.29 is 23.0 Å². The Labute approximate surface area is 176 Å². The summed E-state index contributed by atoms with van der Waals surface area (Å²) in [5, 5.41) is 11.0. The molecular weight excluding hydrogens is 419 g/mol. The van der Waals surface area contributed by atoms with Gasteiger partial charge in [-0.2, -0.15) is 13.2 Å². The lowest BCUT2D eigenvalue weighted by molar-refractivity contribution is -0.141. The van der Waals surface area contributed by atoms with Crippen LogP contribution in [0.2, 0.25) is 5.02 Å². The van der Waals surface area contributed by atoms with Gasteiger partial charge in [-0.15, -0.1) is 0 Å². The fraction of sp³-hybridized carbons (Fsp3) is 0.524. The standard InChI is InChI=1S/C21H21ClF3N3O2/c22-13-5-16(19(27-8-13)21(23,24)25)28-10-20(11-28)6-12(7-20)18(29)15-9-26-4-3-17(15)30-14-1-2-14/h3-5,8-9,12,14,18,29H,1-2,6-7,10-11H2. The molecule has 2 saturated carbocycles. The van der Waals surface area contributed by atoms with Crippen LogP contribution < -0.4 is 9.64 Å². The van der Waals surface area contributed by atoms with Crippen LogP contribution in [0.4, 0.5) is 18.9 Å². The predicted octanol–water partition coefficient (Wildman–Crippen LogP) is 4.64. The maximum Gasteiger partial charge on any atom is 0.435 e. The topological polar surface area (TPSA) is 58.5 Å². The van der Waals surface area contributed by atoms with Crippen LogP contribution in [-0.4, -0.2) is 34.3 Å². The summed E-state index contributed by atoms with van der Waals surface area (Å²) in [4.78, 5) is 9.31. The normalized spacial score (nSPS) is 21.8. The molecule has 1 atom stereocenters. The molecule has 1 aliphatic heterocycles. The van der Waals surface area contributed by atoms with Crippen molar-refractivity contribution in [1.29, 1.82) is 0 Å². The fourth-order valence-corrected chi connectivity index (χ4v) is 4.85. The third-order valence-electron chi connectivity index (χ3n) is 6.28. The Morgan fingerprint density at radius 2 is 1.97 bits per heavy atom. The number of hydrogen-bond donors (Lipinski definition) is 1. The van der Waals surface area contributed by atoms with Gasteiger partial charge in [-0.05, 0) is 43.7 Å². The zero-order valence-corrected chi connectivity index (χ0v) is 16.8. The van der Waals surface area contributed by atoms with Crippen molar-refractivity contribution in [3.05, 3.63) is 47.0 Å². The van der Waals surface area contributed by atoms with Gasteiger partial charge < -0.3 is 14.7 Å². The van der Waals surface area contributed by atoms with Crippen LogP contribution in [0.3, 0.4) is 0 Å². The number of hydrogen-bond acceptors (Lipinski definition) is 5. The van der Waals surface area contributed by atoms with Crippen LogP contribution in [-0.2, 0) is 6.18 Å². The summed E-state index contributed by atoms with van der Waals surface area (Å²) in [6, 6.07) is 3.10. The van der Waals surface area contributed by atoms with Crippen molar-refractivity contribution in [3.63, 3.8) is 0 Å². The SMILES string of the molecule is OC(c1cnccc1OC1CC1)C1CC2(C1)CN(c1cc(Cl)cnc1C(F)(F)F)C2. The lowest BCUT2D eigenvalue weighted by atomic mass is 9.55. The number of pyridine rings is 2. The maximum absolute atomic E-state index is 13.3. The van der Waals surface area contributed by atoms with Crippen LogP contribution in [0.15, 0.2) is 30.7 Å². The highest BCUT2D eigenvalue weighted by Crippen LogP contribution is 2.57. The molecule has 3 heterocycles. The molecule has 1 unspecified atom stereocenters. The van der Waals surface area contributed by atoms with Gasteiger partial charge in [-0.25, -0.2) is 4.98 Å². The Morgan fingerprint density at radius 1 is 1.23 bits per heavy atom. The molecule has 3 aliphatic rings. The fourth-order valence-electron chi connectivity index (χ4n) is 4.70. The highest BCUT2D eigenvalue weighted by atomic mass is 35.5. The number of ether oxygens (including phenoxy) is 1. The van der Waals surface area contributed by atoms with Gasteiger partial charge in [0.1, 0.15) is 5.75 Å². The van der Waals surface area contributed by atoms with E-state index >= 15 is 0 Å². The van der Waals surface area contributed by atoms with Gasteiger partial charge in [-0.3, -0.25) is 4.98 Å². The van der Waals surface area contributed by atoms with Crippen molar-refractivity contribution in [2.45, 2.75) is 44.1 Å². The second-order valence-corrected chi connectivity index (χ2v) is 9.16. The number of aromatic nitrogens is 2. The van der Waals surface area contributed by atoms with Crippen molar-refractivity contribution in [2.24, 2.45) is 11.3 Å². The molecule has 9 heteroatoms. The molecule has 5 nitrogen and oxygen atoms in total. The summed E-state index contributed by atoms with van der Waals surface area (Å²) < 4.78 is 45.8. The van der Waals surface area contributed by atoms with E-state index in [9.17, 15) is 18.3 Å². The molecule has 0 bridgehead atoms. The van der Waals surface area contributed by atoms with E-state index in [1.165, 1.54) is 6.07 Å². The Bertz CT molecular complexity index is 953. The molecule has 0 aromatic carbocycles. The minimum Gasteiger partial charge on any atom is -0.490 e. The average Bonchev–Trinajstić information content (AvgIpc) is 3.42. The molecule has 0 radical (unpaired) electrons. The number of nitrogens with zero attached hydrogens (tertiary/aromatic N) is 3. The van der Waals surface area contributed by atoms with Crippen LogP contribution in [0, 0.1) is 11.3 Å². The first-order valence-corrected chi connectivity index (χ1v) is 10.4. The Hall–Kier alpha value is -2.06. The second-order valence-electron chi connectivity index (χ2n) is 8.72.